The van der Waals surface area contributed by atoms with E-state index in [-0.39, 0.29) is 27.6 Å². The molecule has 0 saturated carbocycles. The van der Waals surface area contributed by atoms with E-state index in [1.54, 1.807) is 6.07 Å². The second kappa shape index (κ2) is 6.58. The SMILES string of the molecule is COc1ccccc1C(=O)N1NC(c2ccc(F)cc2)=C[C@]1(O)C(F)(F)F. The molecule has 27 heavy (non-hydrogen) atoms. The van der Waals surface area contributed by atoms with Crippen LogP contribution in [0.1, 0.15) is 15.9 Å². The van der Waals surface area contributed by atoms with Gasteiger partial charge < -0.3 is 9.84 Å². The molecule has 1 heterocycles. The molecule has 0 saturated heterocycles. The van der Waals surface area contributed by atoms with Gasteiger partial charge in [0.25, 0.3) is 11.6 Å². The number of methoxy groups -OCH3 is 1. The van der Waals surface area contributed by atoms with Crippen LogP contribution in [0.25, 0.3) is 5.70 Å². The lowest BCUT2D eigenvalue weighted by Crippen LogP contribution is -2.60. The molecular weight excluding hydrogens is 368 g/mol. The minimum absolute atomic E-state index is 0.0454. The van der Waals surface area contributed by atoms with Crippen LogP contribution in [0.15, 0.2) is 54.6 Å². The van der Waals surface area contributed by atoms with Crippen LogP contribution in [-0.2, 0) is 0 Å². The normalized spacial score (nSPS) is 19.5. The molecule has 2 N–H and O–H groups in total. The second-order valence-corrected chi connectivity index (χ2v) is 5.74. The third kappa shape index (κ3) is 3.21. The number of para-hydroxylation sites is 1. The molecule has 1 aliphatic heterocycles. The van der Waals surface area contributed by atoms with E-state index in [1.165, 1.54) is 37.4 Å². The zero-order valence-corrected chi connectivity index (χ0v) is 13.9. The predicted molar refractivity (Wildman–Crippen MR) is 87.7 cm³/mol. The summed E-state index contributed by atoms with van der Waals surface area (Å²) in [5.74, 6) is -1.69. The first-order valence-electron chi connectivity index (χ1n) is 7.69. The van der Waals surface area contributed by atoms with E-state index >= 15 is 0 Å². The Labute approximate surface area is 151 Å². The molecule has 0 aromatic heterocycles. The van der Waals surface area contributed by atoms with E-state index in [1.807, 2.05) is 0 Å². The van der Waals surface area contributed by atoms with Gasteiger partial charge in [0.2, 0.25) is 0 Å². The van der Waals surface area contributed by atoms with Gasteiger partial charge in [-0.05, 0) is 42.0 Å². The Morgan fingerprint density at radius 1 is 1.15 bits per heavy atom. The molecule has 0 bridgehead atoms. The van der Waals surface area contributed by atoms with E-state index in [9.17, 15) is 27.5 Å². The van der Waals surface area contributed by atoms with Gasteiger partial charge in [-0.15, -0.1) is 0 Å². The van der Waals surface area contributed by atoms with Crippen LogP contribution in [0.4, 0.5) is 17.6 Å². The van der Waals surface area contributed by atoms with Gasteiger partial charge in [0.15, 0.2) is 0 Å². The topological polar surface area (TPSA) is 61.8 Å². The van der Waals surface area contributed by atoms with Crippen molar-refractivity contribution >= 4 is 11.6 Å². The van der Waals surface area contributed by atoms with Crippen molar-refractivity contribution in [3.63, 3.8) is 0 Å². The van der Waals surface area contributed by atoms with Crippen molar-refractivity contribution in [3.05, 3.63) is 71.6 Å². The van der Waals surface area contributed by atoms with Crippen LogP contribution in [0, 0.1) is 5.82 Å². The molecule has 1 amide bonds. The highest BCUT2D eigenvalue weighted by Gasteiger charge is 2.62. The van der Waals surface area contributed by atoms with Gasteiger partial charge >= 0.3 is 6.18 Å². The number of hydrogen-bond donors (Lipinski definition) is 2. The number of rotatable bonds is 3. The second-order valence-electron chi connectivity index (χ2n) is 5.74. The maximum atomic E-state index is 13.6. The number of amides is 1. The monoisotopic (exact) mass is 382 g/mol. The summed E-state index contributed by atoms with van der Waals surface area (Å²) in [4.78, 5) is 12.8. The van der Waals surface area contributed by atoms with Crippen LogP contribution in [0.2, 0.25) is 0 Å². The van der Waals surface area contributed by atoms with Crippen molar-refractivity contribution in [1.29, 1.82) is 0 Å². The quantitative estimate of drug-likeness (QED) is 0.801. The van der Waals surface area contributed by atoms with Gasteiger partial charge in [0.1, 0.15) is 11.6 Å². The number of ether oxygens (including phenoxy) is 1. The fourth-order valence-electron chi connectivity index (χ4n) is 2.64. The summed E-state index contributed by atoms with van der Waals surface area (Å²) in [6.07, 6.45) is -4.73. The smallest absolute Gasteiger partial charge is 0.442 e. The molecule has 0 fully saturated rings. The summed E-state index contributed by atoms with van der Waals surface area (Å²) < 4.78 is 58.8. The Bertz CT molecular complexity index is 896. The van der Waals surface area contributed by atoms with Crippen LogP contribution >= 0.6 is 0 Å². The minimum Gasteiger partial charge on any atom is -0.496 e. The maximum absolute atomic E-state index is 13.6. The van der Waals surface area contributed by atoms with Crippen molar-refractivity contribution in [2.75, 3.05) is 7.11 Å². The van der Waals surface area contributed by atoms with Crippen molar-refractivity contribution < 1.29 is 32.2 Å². The summed E-state index contributed by atoms with van der Waals surface area (Å²) in [6, 6.07) is 10.2. The molecular formula is C18H14F4N2O3. The number of nitrogens with one attached hydrogen (secondary N) is 1. The van der Waals surface area contributed by atoms with E-state index in [0.717, 1.165) is 12.1 Å². The van der Waals surface area contributed by atoms with Crippen molar-refractivity contribution in [2.45, 2.75) is 11.9 Å². The van der Waals surface area contributed by atoms with E-state index in [4.69, 9.17) is 4.74 Å². The molecule has 2 aromatic rings. The number of aliphatic hydroxyl groups is 1. The fourth-order valence-corrected chi connectivity index (χ4v) is 2.64. The predicted octanol–water partition coefficient (Wildman–Crippen LogP) is 3.09. The number of nitrogens with zero attached hydrogens (tertiary/aromatic N) is 1. The van der Waals surface area contributed by atoms with Crippen LogP contribution in [-0.4, -0.2) is 35.0 Å². The van der Waals surface area contributed by atoms with Crippen molar-refractivity contribution in [3.8, 4) is 5.75 Å². The first kappa shape index (κ1) is 18.7. The lowest BCUT2D eigenvalue weighted by molar-refractivity contribution is -0.283. The molecule has 1 aliphatic rings. The Hall–Kier alpha value is -3.07. The molecule has 1 atom stereocenters. The largest absolute Gasteiger partial charge is 0.496 e. The van der Waals surface area contributed by atoms with Crippen LogP contribution in [0.3, 0.4) is 0 Å². The minimum atomic E-state index is -5.19. The molecule has 9 heteroatoms. The highest BCUT2D eigenvalue weighted by molar-refractivity contribution is 5.98. The standard InChI is InChI=1S/C18H14F4N2O3/c1-27-15-5-3-2-4-13(15)16(25)24-17(26,18(20,21)22)10-14(23-24)11-6-8-12(19)9-7-11/h2-10,23,26H,1H3/t17-/m0/s1. The maximum Gasteiger partial charge on any atom is 0.442 e. The third-order valence-corrected chi connectivity index (χ3v) is 4.03. The lowest BCUT2D eigenvalue weighted by atomic mass is 10.1. The number of hydrogen-bond acceptors (Lipinski definition) is 4. The summed E-state index contributed by atoms with van der Waals surface area (Å²) in [6.45, 7) is 0. The van der Waals surface area contributed by atoms with Gasteiger partial charge in [-0.2, -0.15) is 13.2 Å². The lowest BCUT2D eigenvalue weighted by Gasteiger charge is -2.34. The molecule has 0 unspecified atom stereocenters. The average Bonchev–Trinajstić information content (AvgIpc) is 3.00. The van der Waals surface area contributed by atoms with Crippen LogP contribution in [0.5, 0.6) is 5.75 Å². The summed E-state index contributed by atoms with van der Waals surface area (Å²) in [5, 5.41) is 10.4. The van der Waals surface area contributed by atoms with E-state index < -0.39 is 23.6 Å². The van der Waals surface area contributed by atoms with Crippen LogP contribution < -0.4 is 10.2 Å². The zero-order valence-electron chi connectivity index (χ0n) is 13.9. The Morgan fingerprint density at radius 2 is 1.78 bits per heavy atom. The fraction of sp³-hybridized carbons (Fsp3) is 0.167. The molecule has 0 radical (unpaired) electrons. The number of alkyl halides is 3. The first-order valence-corrected chi connectivity index (χ1v) is 7.69. The average molecular weight is 382 g/mol. The van der Waals surface area contributed by atoms with Gasteiger partial charge in [0.05, 0.1) is 18.4 Å². The van der Waals surface area contributed by atoms with E-state index in [2.05, 4.69) is 5.43 Å². The summed E-state index contributed by atoms with van der Waals surface area (Å²) >= 11 is 0. The Balaban J connectivity index is 2.04. The highest BCUT2D eigenvalue weighted by atomic mass is 19.4. The molecule has 5 nitrogen and oxygen atoms in total. The summed E-state index contributed by atoms with van der Waals surface area (Å²) in [7, 11) is 1.27. The molecule has 3 rings (SSSR count). The Kier molecular flexibility index (Phi) is 4.56. The van der Waals surface area contributed by atoms with E-state index in [0.29, 0.717) is 6.08 Å². The number of carbonyl (C=O) groups excluding carboxylic acids is 1. The summed E-state index contributed by atoms with van der Waals surface area (Å²) in [5.41, 5.74) is -1.54. The first-order chi connectivity index (χ1) is 12.7. The molecule has 0 spiro atoms. The van der Waals surface area contributed by atoms with Gasteiger partial charge in [0, 0.05) is 6.08 Å². The van der Waals surface area contributed by atoms with Gasteiger partial charge in [-0.25, -0.2) is 9.40 Å². The third-order valence-electron chi connectivity index (χ3n) is 4.03. The number of halogens is 4. The highest BCUT2D eigenvalue weighted by Crippen LogP contribution is 2.41. The van der Waals surface area contributed by atoms with Gasteiger partial charge in [-0.1, -0.05) is 12.1 Å². The number of benzene rings is 2. The molecule has 142 valence electrons. The van der Waals surface area contributed by atoms with Gasteiger partial charge in [-0.3, -0.25) is 10.2 Å². The van der Waals surface area contributed by atoms with Crippen molar-refractivity contribution in [2.24, 2.45) is 0 Å². The zero-order chi connectivity index (χ0) is 19.8. The molecule has 2 aromatic carbocycles. The van der Waals surface area contributed by atoms with Crippen molar-refractivity contribution in [1.82, 2.24) is 10.4 Å². The number of carbonyl (C=O) groups is 1. The number of hydrazine groups is 1. The Morgan fingerprint density at radius 3 is 2.37 bits per heavy atom. The molecule has 0 aliphatic carbocycles.